The van der Waals surface area contributed by atoms with E-state index in [1.165, 1.54) is 0 Å². The molecule has 0 radical (unpaired) electrons. The lowest BCUT2D eigenvalue weighted by atomic mass is 10.2. The molecule has 0 bridgehead atoms. The van der Waals surface area contributed by atoms with E-state index >= 15 is 0 Å². The highest BCUT2D eigenvalue weighted by atomic mass is 32.2. The molecule has 0 spiro atoms. The van der Waals surface area contributed by atoms with Crippen molar-refractivity contribution in [3.63, 3.8) is 0 Å². The first-order valence-corrected chi connectivity index (χ1v) is 6.68. The highest BCUT2D eigenvalue weighted by Gasteiger charge is 2.25. The lowest BCUT2D eigenvalue weighted by Crippen LogP contribution is -2.13. The summed E-state index contributed by atoms with van der Waals surface area (Å²) in [5.74, 6) is 0.484. The minimum Gasteiger partial charge on any atom is -0.475 e. The molecule has 1 saturated heterocycles. The Labute approximate surface area is 104 Å². The van der Waals surface area contributed by atoms with Crippen LogP contribution in [0.3, 0.4) is 0 Å². The summed E-state index contributed by atoms with van der Waals surface area (Å²) >= 11 is 1.81. The minimum absolute atomic E-state index is 0.0221. The third-order valence-electron chi connectivity index (χ3n) is 2.99. The van der Waals surface area contributed by atoms with Gasteiger partial charge in [0, 0.05) is 23.2 Å². The predicted molar refractivity (Wildman–Crippen MR) is 65.5 cm³/mol. The highest BCUT2D eigenvalue weighted by molar-refractivity contribution is 7.99. The lowest BCUT2D eigenvalue weighted by molar-refractivity contribution is 0.0661. The summed E-state index contributed by atoms with van der Waals surface area (Å²) in [6.45, 7) is 4.70. The molecule has 1 fully saturated rings. The van der Waals surface area contributed by atoms with Gasteiger partial charge in [-0.2, -0.15) is 11.8 Å². The Morgan fingerprint density at radius 1 is 1.65 bits per heavy atom. The second kappa shape index (κ2) is 5.14. The summed E-state index contributed by atoms with van der Waals surface area (Å²) in [5.41, 5.74) is 0.964. The Hall–Kier alpha value is -0.940. The monoisotopic (exact) mass is 256 g/mol. The van der Waals surface area contributed by atoms with Gasteiger partial charge in [0.15, 0.2) is 0 Å². The fourth-order valence-corrected chi connectivity index (χ4v) is 3.19. The summed E-state index contributed by atoms with van der Waals surface area (Å²) in [6, 6.07) is 1.62. The standard InChI is InChI=1S/C12H16O4S/c1-7-9(5-10(16-7)12(13)14)6-17-11-3-4-15-8(11)2/h5,8,11H,3-4,6H2,1-2H3,(H,13,14). The van der Waals surface area contributed by atoms with Crippen molar-refractivity contribution in [2.75, 3.05) is 6.61 Å². The van der Waals surface area contributed by atoms with Crippen LogP contribution in [0.2, 0.25) is 0 Å². The Bertz CT molecular complexity index is 413. The number of rotatable bonds is 4. The zero-order valence-electron chi connectivity index (χ0n) is 9.93. The maximum atomic E-state index is 10.8. The molecule has 2 heterocycles. The number of carboxylic acid groups (broad SMARTS) is 1. The number of thioether (sulfide) groups is 1. The Morgan fingerprint density at radius 3 is 2.94 bits per heavy atom. The van der Waals surface area contributed by atoms with Crippen molar-refractivity contribution in [3.05, 3.63) is 23.2 Å². The number of carbonyl (C=O) groups is 1. The Balaban J connectivity index is 1.96. The summed E-state index contributed by atoms with van der Waals surface area (Å²) in [4.78, 5) is 10.8. The average Bonchev–Trinajstić information content (AvgIpc) is 2.82. The van der Waals surface area contributed by atoms with Crippen molar-refractivity contribution in [3.8, 4) is 0 Å². The summed E-state index contributed by atoms with van der Waals surface area (Å²) in [5, 5.41) is 9.32. The molecule has 2 atom stereocenters. The van der Waals surface area contributed by atoms with E-state index in [1.54, 1.807) is 24.8 Å². The molecule has 1 aromatic heterocycles. The van der Waals surface area contributed by atoms with Crippen molar-refractivity contribution in [1.82, 2.24) is 0 Å². The van der Waals surface area contributed by atoms with Crippen molar-refractivity contribution in [2.24, 2.45) is 0 Å². The van der Waals surface area contributed by atoms with E-state index in [1.807, 2.05) is 0 Å². The molecule has 0 aromatic carbocycles. The molecule has 17 heavy (non-hydrogen) atoms. The molecule has 1 aromatic rings. The van der Waals surface area contributed by atoms with Gasteiger partial charge >= 0.3 is 5.97 Å². The van der Waals surface area contributed by atoms with E-state index in [9.17, 15) is 4.79 Å². The summed E-state index contributed by atoms with van der Waals surface area (Å²) in [6.07, 6.45) is 1.35. The van der Waals surface area contributed by atoms with Crippen LogP contribution in [-0.4, -0.2) is 29.0 Å². The first kappa shape index (κ1) is 12.5. The van der Waals surface area contributed by atoms with Gasteiger partial charge in [-0.25, -0.2) is 4.79 Å². The van der Waals surface area contributed by atoms with Crippen LogP contribution in [0.5, 0.6) is 0 Å². The van der Waals surface area contributed by atoms with Gasteiger partial charge in [0.25, 0.3) is 0 Å². The third-order valence-corrected chi connectivity index (χ3v) is 4.52. The molecule has 1 aliphatic heterocycles. The van der Waals surface area contributed by atoms with Crippen molar-refractivity contribution in [1.29, 1.82) is 0 Å². The molecule has 5 heteroatoms. The molecule has 4 nitrogen and oxygen atoms in total. The number of aryl methyl sites for hydroxylation is 1. The van der Waals surface area contributed by atoms with Gasteiger partial charge in [0.2, 0.25) is 5.76 Å². The van der Waals surface area contributed by atoms with E-state index in [4.69, 9.17) is 14.3 Å². The fourth-order valence-electron chi connectivity index (χ4n) is 1.90. The Kier molecular flexibility index (Phi) is 3.79. The second-order valence-corrected chi connectivity index (χ2v) is 5.44. The zero-order chi connectivity index (χ0) is 12.4. The van der Waals surface area contributed by atoms with Gasteiger partial charge in [-0.05, 0) is 26.3 Å². The number of aromatic carboxylic acids is 1. The van der Waals surface area contributed by atoms with Crippen molar-refractivity contribution >= 4 is 17.7 Å². The number of hydrogen-bond donors (Lipinski definition) is 1. The van der Waals surface area contributed by atoms with Crippen LogP contribution in [0.15, 0.2) is 10.5 Å². The summed E-state index contributed by atoms with van der Waals surface area (Å²) in [7, 11) is 0. The van der Waals surface area contributed by atoms with Gasteiger partial charge in [0.05, 0.1) is 6.10 Å². The van der Waals surface area contributed by atoms with E-state index in [-0.39, 0.29) is 11.9 Å². The molecule has 1 N–H and O–H groups in total. The number of carboxylic acids is 1. The number of ether oxygens (including phenoxy) is 1. The normalized spacial score (nSPS) is 24.1. The average molecular weight is 256 g/mol. The molecule has 1 aliphatic rings. The molecule has 0 amide bonds. The molecule has 2 rings (SSSR count). The van der Waals surface area contributed by atoms with Crippen LogP contribution in [-0.2, 0) is 10.5 Å². The largest absolute Gasteiger partial charge is 0.475 e. The Morgan fingerprint density at radius 2 is 2.41 bits per heavy atom. The van der Waals surface area contributed by atoms with Gasteiger partial charge in [-0.1, -0.05) is 0 Å². The molecular weight excluding hydrogens is 240 g/mol. The van der Waals surface area contributed by atoms with Gasteiger partial charge < -0.3 is 14.3 Å². The fraction of sp³-hybridized carbons (Fsp3) is 0.583. The second-order valence-electron chi connectivity index (χ2n) is 4.21. The number of hydrogen-bond acceptors (Lipinski definition) is 4. The molecular formula is C12H16O4S. The molecule has 0 saturated carbocycles. The minimum atomic E-state index is -1.01. The first-order valence-electron chi connectivity index (χ1n) is 5.63. The maximum Gasteiger partial charge on any atom is 0.371 e. The lowest BCUT2D eigenvalue weighted by Gasteiger charge is -2.12. The van der Waals surface area contributed by atoms with Gasteiger partial charge in [-0.3, -0.25) is 0 Å². The van der Waals surface area contributed by atoms with E-state index in [0.717, 1.165) is 24.3 Å². The topological polar surface area (TPSA) is 59.7 Å². The van der Waals surface area contributed by atoms with E-state index < -0.39 is 5.97 Å². The van der Waals surface area contributed by atoms with Crippen molar-refractivity contribution in [2.45, 2.75) is 37.4 Å². The third kappa shape index (κ3) is 2.84. The first-order chi connectivity index (χ1) is 8.08. The maximum absolute atomic E-state index is 10.8. The van der Waals surface area contributed by atoms with Crippen LogP contribution in [0.4, 0.5) is 0 Å². The molecule has 0 aliphatic carbocycles. The smallest absolute Gasteiger partial charge is 0.371 e. The van der Waals surface area contributed by atoms with Crippen LogP contribution in [0, 0.1) is 6.92 Å². The summed E-state index contributed by atoms with van der Waals surface area (Å²) < 4.78 is 10.7. The van der Waals surface area contributed by atoms with Crippen LogP contribution < -0.4 is 0 Å². The van der Waals surface area contributed by atoms with E-state index in [0.29, 0.717) is 11.0 Å². The van der Waals surface area contributed by atoms with Crippen LogP contribution in [0.25, 0.3) is 0 Å². The van der Waals surface area contributed by atoms with Gasteiger partial charge in [-0.15, -0.1) is 0 Å². The molecule has 2 unspecified atom stereocenters. The number of furan rings is 1. The predicted octanol–water partition coefficient (Wildman–Crippen LogP) is 2.70. The quantitative estimate of drug-likeness (QED) is 0.897. The van der Waals surface area contributed by atoms with Crippen LogP contribution in [0.1, 0.15) is 35.2 Å². The highest BCUT2D eigenvalue weighted by Crippen LogP contribution is 2.30. The zero-order valence-corrected chi connectivity index (χ0v) is 10.8. The van der Waals surface area contributed by atoms with E-state index in [2.05, 4.69) is 6.92 Å². The van der Waals surface area contributed by atoms with Gasteiger partial charge in [0.1, 0.15) is 5.76 Å². The molecule has 94 valence electrons. The van der Waals surface area contributed by atoms with Crippen LogP contribution >= 0.6 is 11.8 Å². The SMILES string of the molecule is Cc1oc(C(=O)O)cc1CSC1CCOC1C. The van der Waals surface area contributed by atoms with Crippen molar-refractivity contribution < 1.29 is 19.1 Å².